The number of benzene rings is 2. The molecule has 156 valence electrons. The fourth-order valence-corrected chi connectivity index (χ4v) is 3.48. The summed E-state index contributed by atoms with van der Waals surface area (Å²) in [4.78, 5) is 16.3. The van der Waals surface area contributed by atoms with Gasteiger partial charge in [-0.3, -0.25) is 4.79 Å². The van der Waals surface area contributed by atoms with Gasteiger partial charge >= 0.3 is 0 Å². The number of rotatable bonds is 5. The number of nitrogens with zero attached hydrogens (tertiary/aromatic N) is 3. The Labute approximate surface area is 174 Å². The van der Waals surface area contributed by atoms with E-state index in [9.17, 15) is 9.18 Å². The molecule has 0 N–H and O–H groups in total. The van der Waals surface area contributed by atoms with Gasteiger partial charge in [-0.2, -0.15) is 0 Å². The van der Waals surface area contributed by atoms with Crippen LogP contribution in [0.3, 0.4) is 0 Å². The predicted molar refractivity (Wildman–Crippen MR) is 112 cm³/mol. The van der Waals surface area contributed by atoms with Crippen molar-refractivity contribution < 1.29 is 18.4 Å². The monoisotopic (exact) mass is 409 g/mol. The van der Waals surface area contributed by atoms with Crippen LogP contribution in [0.1, 0.15) is 5.56 Å². The van der Waals surface area contributed by atoms with Gasteiger partial charge in [0.1, 0.15) is 17.3 Å². The van der Waals surface area contributed by atoms with Gasteiger partial charge in [0.2, 0.25) is 0 Å². The molecule has 2 heterocycles. The van der Waals surface area contributed by atoms with Crippen LogP contribution in [-0.2, 0) is 4.79 Å². The van der Waals surface area contributed by atoms with Crippen LogP contribution in [0.15, 0.2) is 53.1 Å². The van der Waals surface area contributed by atoms with Crippen molar-refractivity contribution in [1.29, 1.82) is 0 Å². The average molecular weight is 409 g/mol. The number of carbonyl (C=O) groups excluding carboxylic acids is 1. The second-order valence-electron chi connectivity index (χ2n) is 7.49. The lowest BCUT2D eigenvalue weighted by Gasteiger charge is -2.32. The van der Waals surface area contributed by atoms with Gasteiger partial charge in [-0.25, -0.2) is 4.39 Å². The molecule has 30 heavy (non-hydrogen) atoms. The molecule has 1 aliphatic heterocycles. The van der Waals surface area contributed by atoms with Gasteiger partial charge in [0.05, 0.1) is 0 Å². The van der Waals surface area contributed by atoms with Gasteiger partial charge in [-0.05, 0) is 62.5 Å². The van der Waals surface area contributed by atoms with E-state index in [1.165, 1.54) is 12.1 Å². The minimum absolute atomic E-state index is 0.00321. The summed E-state index contributed by atoms with van der Waals surface area (Å²) in [5.74, 6) is 0.950. The molecule has 0 atom stereocenters. The molecule has 0 saturated carbocycles. The molecule has 4 rings (SSSR count). The zero-order valence-electron chi connectivity index (χ0n) is 17.1. The molecular formula is C23H24FN3O3. The molecule has 1 amide bonds. The van der Waals surface area contributed by atoms with Crippen LogP contribution in [0.25, 0.3) is 22.6 Å². The Bertz CT molecular complexity index is 1010. The first-order chi connectivity index (χ1) is 14.5. The fraction of sp³-hybridized carbons (Fsp3) is 0.304. The molecule has 0 radical (unpaired) electrons. The number of piperazine rings is 1. The zero-order chi connectivity index (χ0) is 21.1. The van der Waals surface area contributed by atoms with Crippen LogP contribution in [0.5, 0.6) is 5.75 Å². The van der Waals surface area contributed by atoms with Crippen molar-refractivity contribution in [1.82, 2.24) is 15.0 Å². The highest BCUT2D eigenvalue weighted by Crippen LogP contribution is 2.32. The lowest BCUT2D eigenvalue weighted by molar-refractivity contribution is -0.134. The summed E-state index contributed by atoms with van der Waals surface area (Å²) < 4.78 is 24.3. The van der Waals surface area contributed by atoms with Crippen molar-refractivity contribution >= 4 is 5.91 Å². The van der Waals surface area contributed by atoms with Crippen LogP contribution >= 0.6 is 0 Å². The first-order valence-electron chi connectivity index (χ1n) is 9.93. The molecule has 7 heteroatoms. The number of carbonyl (C=O) groups is 1. The fourth-order valence-electron chi connectivity index (χ4n) is 3.48. The highest BCUT2D eigenvalue weighted by Gasteiger charge is 2.19. The molecule has 1 aromatic heterocycles. The van der Waals surface area contributed by atoms with E-state index in [0.717, 1.165) is 48.6 Å². The Morgan fingerprint density at radius 3 is 2.33 bits per heavy atom. The van der Waals surface area contributed by atoms with Gasteiger partial charge in [0.25, 0.3) is 5.91 Å². The Balaban J connectivity index is 1.40. The maximum absolute atomic E-state index is 13.2. The average Bonchev–Trinajstić information content (AvgIpc) is 3.15. The normalized spacial score (nSPS) is 14.7. The van der Waals surface area contributed by atoms with Crippen LogP contribution in [0.4, 0.5) is 4.39 Å². The van der Waals surface area contributed by atoms with Crippen molar-refractivity contribution in [3.05, 3.63) is 59.9 Å². The summed E-state index contributed by atoms with van der Waals surface area (Å²) in [6.07, 6.45) is 0. The van der Waals surface area contributed by atoms with E-state index in [-0.39, 0.29) is 18.3 Å². The molecule has 3 aromatic rings. The number of aromatic nitrogens is 1. The molecule has 0 aliphatic carbocycles. The molecule has 1 saturated heterocycles. The minimum Gasteiger partial charge on any atom is -0.484 e. The maximum atomic E-state index is 13.2. The third-order valence-corrected chi connectivity index (χ3v) is 5.38. The Morgan fingerprint density at radius 1 is 1.03 bits per heavy atom. The number of amides is 1. The number of halogens is 1. The first-order valence-corrected chi connectivity index (χ1v) is 9.93. The highest BCUT2D eigenvalue weighted by molar-refractivity contribution is 5.78. The van der Waals surface area contributed by atoms with E-state index >= 15 is 0 Å². The third kappa shape index (κ3) is 4.36. The summed E-state index contributed by atoms with van der Waals surface area (Å²) in [6.45, 7) is 5.19. The predicted octanol–water partition coefficient (Wildman–Crippen LogP) is 3.61. The Hall–Kier alpha value is -3.19. The molecule has 1 fully saturated rings. The van der Waals surface area contributed by atoms with Crippen molar-refractivity contribution in [2.45, 2.75) is 6.92 Å². The summed E-state index contributed by atoms with van der Waals surface area (Å²) in [6, 6.07) is 13.5. The standard InChI is InChI=1S/C23H24FN3O3/c1-16-22(25-30-23(16)18-3-7-19(24)8-4-18)17-5-9-20(10-6-17)29-15-21(28)27-13-11-26(2)12-14-27/h3-10H,11-15H2,1-2H3. The molecule has 6 nitrogen and oxygen atoms in total. The lowest BCUT2D eigenvalue weighted by Crippen LogP contribution is -2.48. The van der Waals surface area contributed by atoms with Crippen molar-refractivity contribution in [2.75, 3.05) is 39.8 Å². The summed E-state index contributed by atoms with van der Waals surface area (Å²) in [5.41, 5.74) is 3.24. The number of ether oxygens (including phenoxy) is 1. The van der Waals surface area contributed by atoms with E-state index in [1.54, 1.807) is 12.1 Å². The number of hydrogen-bond donors (Lipinski definition) is 0. The largest absolute Gasteiger partial charge is 0.484 e. The topological polar surface area (TPSA) is 58.8 Å². The van der Waals surface area contributed by atoms with Crippen LogP contribution in [0, 0.1) is 12.7 Å². The van der Waals surface area contributed by atoms with Gasteiger partial charge in [-0.1, -0.05) is 5.16 Å². The quantitative estimate of drug-likeness (QED) is 0.644. The van der Waals surface area contributed by atoms with E-state index in [1.807, 2.05) is 36.1 Å². The van der Waals surface area contributed by atoms with E-state index in [2.05, 4.69) is 17.1 Å². The molecule has 1 aliphatic rings. The van der Waals surface area contributed by atoms with Crippen LogP contribution < -0.4 is 4.74 Å². The molecular weight excluding hydrogens is 385 g/mol. The van der Waals surface area contributed by atoms with Gasteiger partial charge < -0.3 is 19.1 Å². The summed E-state index contributed by atoms with van der Waals surface area (Å²) >= 11 is 0. The Kier molecular flexibility index (Phi) is 5.81. The van der Waals surface area contributed by atoms with E-state index in [0.29, 0.717) is 11.5 Å². The van der Waals surface area contributed by atoms with E-state index in [4.69, 9.17) is 9.26 Å². The molecule has 0 bridgehead atoms. The summed E-state index contributed by atoms with van der Waals surface area (Å²) in [5, 5.41) is 4.18. The lowest BCUT2D eigenvalue weighted by atomic mass is 10.0. The van der Waals surface area contributed by atoms with Crippen molar-refractivity contribution in [3.63, 3.8) is 0 Å². The first kappa shape index (κ1) is 20.1. The Morgan fingerprint density at radius 2 is 1.67 bits per heavy atom. The van der Waals surface area contributed by atoms with E-state index < -0.39 is 0 Å². The van der Waals surface area contributed by atoms with Gasteiger partial charge in [0.15, 0.2) is 12.4 Å². The summed E-state index contributed by atoms with van der Waals surface area (Å²) in [7, 11) is 2.05. The SMILES string of the molecule is Cc1c(-c2ccc(OCC(=O)N3CCN(C)CC3)cc2)noc1-c1ccc(F)cc1. The number of likely N-dealkylation sites (N-methyl/N-ethyl adjacent to an activating group) is 1. The molecule has 2 aromatic carbocycles. The van der Waals surface area contributed by atoms with Crippen LogP contribution in [0.2, 0.25) is 0 Å². The van der Waals surface area contributed by atoms with Crippen molar-refractivity contribution in [2.24, 2.45) is 0 Å². The second-order valence-corrected chi connectivity index (χ2v) is 7.49. The smallest absolute Gasteiger partial charge is 0.260 e. The third-order valence-electron chi connectivity index (χ3n) is 5.38. The zero-order valence-corrected chi connectivity index (χ0v) is 17.1. The van der Waals surface area contributed by atoms with Crippen LogP contribution in [-0.4, -0.2) is 60.7 Å². The molecule has 0 spiro atoms. The second kappa shape index (κ2) is 8.67. The number of hydrogen-bond acceptors (Lipinski definition) is 5. The van der Waals surface area contributed by atoms with Crippen molar-refractivity contribution in [3.8, 4) is 28.3 Å². The maximum Gasteiger partial charge on any atom is 0.260 e. The minimum atomic E-state index is -0.294. The molecule has 0 unspecified atom stereocenters. The van der Waals surface area contributed by atoms with Gasteiger partial charge in [0, 0.05) is 42.9 Å². The van der Waals surface area contributed by atoms with Gasteiger partial charge in [-0.15, -0.1) is 0 Å². The highest BCUT2D eigenvalue weighted by atomic mass is 19.1.